The number of thiazole rings is 1. The van der Waals surface area contributed by atoms with E-state index in [2.05, 4.69) is 20.9 Å². The minimum absolute atomic E-state index is 0.00409. The number of hydrogen-bond donors (Lipinski definition) is 3. The van der Waals surface area contributed by atoms with E-state index in [0.717, 1.165) is 16.0 Å². The van der Waals surface area contributed by atoms with E-state index in [0.29, 0.717) is 25.7 Å². The van der Waals surface area contributed by atoms with Gasteiger partial charge in [-0.2, -0.15) is 0 Å². The average Bonchev–Trinajstić information content (AvgIpc) is 3.51. The first-order valence-electron chi connectivity index (χ1n) is 14.8. The molecule has 0 saturated heterocycles. The maximum Gasteiger partial charge on any atom is 0.407 e. The number of nitrogens with zero attached hydrogens (tertiary/aromatic N) is 2. The Kier molecular flexibility index (Phi) is 13.5. The number of nitrogens with one attached hydrogen (secondary N) is 3. The van der Waals surface area contributed by atoms with Crippen LogP contribution in [0.4, 0.5) is 9.59 Å². The van der Waals surface area contributed by atoms with Gasteiger partial charge in [-0.3, -0.25) is 9.78 Å². The Bertz CT molecular complexity index is 1250. The van der Waals surface area contributed by atoms with Crippen LogP contribution in [0.1, 0.15) is 56.5 Å². The van der Waals surface area contributed by atoms with Crippen molar-refractivity contribution in [1.29, 1.82) is 0 Å². The summed E-state index contributed by atoms with van der Waals surface area (Å²) in [5.74, 6) is -0.333. The summed E-state index contributed by atoms with van der Waals surface area (Å²) >= 11 is 1.43. The van der Waals surface area contributed by atoms with E-state index in [-0.39, 0.29) is 42.6 Å². The summed E-state index contributed by atoms with van der Waals surface area (Å²) in [6.07, 6.45) is 3.65. The molecule has 3 aromatic rings. The third kappa shape index (κ3) is 11.7. The van der Waals surface area contributed by atoms with Crippen LogP contribution in [0.5, 0.6) is 0 Å². The van der Waals surface area contributed by atoms with Gasteiger partial charge in [0.15, 0.2) is 0 Å². The van der Waals surface area contributed by atoms with Gasteiger partial charge in [0.1, 0.15) is 12.6 Å². The molecule has 3 atom stereocenters. The molecule has 1 aromatic heterocycles. The number of aromatic nitrogens is 1. The first-order valence-corrected chi connectivity index (χ1v) is 15.7. The Balaban J connectivity index is 1.72. The summed E-state index contributed by atoms with van der Waals surface area (Å²) in [4.78, 5) is 45.6. The third-order valence-electron chi connectivity index (χ3n) is 7.33. The van der Waals surface area contributed by atoms with Gasteiger partial charge in [-0.25, -0.2) is 9.59 Å². The minimum atomic E-state index is -0.688. The van der Waals surface area contributed by atoms with E-state index in [1.54, 1.807) is 23.7 Å². The van der Waals surface area contributed by atoms with Crippen molar-refractivity contribution in [3.63, 3.8) is 0 Å². The van der Waals surface area contributed by atoms with Crippen LogP contribution in [-0.4, -0.2) is 59.1 Å². The first-order chi connectivity index (χ1) is 20.6. The van der Waals surface area contributed by atoms with Crippen LogP contribution in [-0.2, 0) is 29.0 Å². The lowest BCUT2D eigenvalue weighted by atomic mass is 9.95. The Morgan fingerprint density at radius 1 is 0.837 bits per heavy atom. The molecule has 0 radical (unpaired) electrons. The molecule has 10 heteroatoms. The Labute approximate surface area is 259 Å². The van der Waals surface area contributed by atoms with Crippen molar-refractivity contribution in [2.45, 2.75) is 84.2 Å². The zero-order chi connectivity index (χ0) is 31.2. The number of benzene rings is 2. The fraction of sp³-hybridized carbons (Fsp3) is 0.455. The molecule has 0 saturated carbocycles. The molecule has 1 heterocycles. The lowest BCUT2D eigenvalue weighted by Gasteiger charge is -2.29. The molecule has 43 heavy (non-hydrogen) atoms. The quantitative estimate of drug-likeness (QED) is 0.209. The summed E-state index contributed by atoms with van der Waals surface area (Å²) in [6.45, 7) is 7.85. The summed E-state index contributed by atoms with van der Waals surface area (Å²) in [5.41, 5.74) is 3.89. The number of amides is 4. The molecular formula is C33H45N5O4S. The highest BCUT2D eigenvalue weighted by Crippen LogP contribution is 2.15. The van der Waals surface area contributed by atoms with Gasteiger partial charge in [0, 0.05) is 31.4 Å². The molecule has 2 aromatic carbocycles. The molecule has 3 N–H and O–H groups in total. The van der Waals surface area contributed by atoms with Crippen molar-refractivity contribution >= 4 is 29.4 Å². The van der Waals surface area contributed by atoms with Crippen molar-refractivity contribution in [3.8, 4) is 0 Å². The Hall–Kier alpha value is -3.92. The highest BCUT2D eigenvalue weighted by Gasteiger charge is 2.28. The van der Waals surface area contributed by atoms with Gasteiger partial charge in [0.2, 0.25) is 5.91 Å². The lowest BCUT2D eigenvalue weighted by molar-refractivity contribution is -0.124. The van der Waals surface area contributed by atoms with E-state index in [1.165, 1.54) is 11.3 Å². The van der Waals surface area contributed by atoms with Crippen molar-refractivity contribution in [3.05, 3.63) is 88.4 Å². The van der Waals surface area contributed by atoms with Crippen molar-refractivity contribution in [1.82, 2.24) is 25.8 Å². The molecular weight excluding hydrogens is 562 g/mol. The van der Waals surface area contributed by atoms with Gasteiger partial charge in [-0.05, 0) is 56.6 Å². The fourth-order valence-corrected chi connectivity index (χ4v) is 5.11. The van der Waals surface area contributed by atoms with Crippen LogP contribution in [0.25, 0.3) is 0 Å². The van der Waals surface area contributed by atoms with Crippen LogP contribution in [0.3, 0.4) is 0 Å². The number of rotatable bonds is 15. The smallest absolute Gasteiger partial charge is 0.407 e. The Morgan fingerprint density at radius 2 is 1.40 bits per heavy atom. The second-order valence-electron chi connectivity index (χ2n) is 11.4. The molecule has 3 rings (SSSR count). The SMILES string of the molecule is CC(C)C(NC(=O)N(C)C(C)C)C(=O)NC(CCC(Cc1ccccc1)NC(=O)OCc1cncs1)Cc1ccccc1. The van der Waals surface area contributed by atoms with E-state index >= 15 is 0 Å². The zero-order valence-electron chi connectivity index (χ0n) is 25.8. The van der Waals surface area contributed by atoms with Crippen LogP contribution in [0.2, 0.25) is 0 Å². The highest BCUT2D eigenvalue weighted by atomic mass is 32.1. The van der Waals surface area contributed by atoms with E-state index in [1.807, 2.05) is 88.4 Å². The molecule has 0 aliphatic carbocycles. The lowest BCUT2D eigenvalue weighted by Crippen LogP contribution is -2.55. The second kappa shape index (κ2) is 17.3. The number of hydrogen-bond acceptors (Lipinski definition) is 6. The van der Waals surface area contributed by atoms with Crippen molar-refractivity contribution in [2.24, 2.45) is 5.92 Å². The largest absolute Gasteiger partial charge is 0.444 e. The summed E-state index contributed by atoms with van der Waals surface area (Å²) in [6, 6.07) is 18.6. The van der Waals surface area contributed by atoms with Gasteiger partial charge < -0.3 is 25.6 Å². The number of ether oxygens (including phenoxy) is 1. The second-order valence-corrected chi connectivity index (χ2v) is 12.4. The average molecular weight is 608 g/mol. The number of carbonyl (C=O) groups excluding carboxylic acids is 3. The summed E-state index contributed by atoms with van der Waals surface area (Å²) in [5, 5.41) is 9.17. The zero-order valence-corrected chi connectivity index (χ0v) is 26.6. The van der Waals surface area contributed by atoms with Crippen molar-refractivity contribution < 1.29 is 19.1 Å². The number of alkyl carbamates (subject to hydrolysis) is 1. The molecule has 0 aliphatic heterocycles. The summed E-state index contributed by atoms with van der Waals surface area (Å²) < 4.78 is 5.46. The monoisotopic (exact) mass is 607 g/mol. The van der Waals surface area contributed by atoms with Crippen LogP contribution >= 0.6 is 11.3 Å². The molecule has 0 aliphatic rings. The molecule has 0 bridgehead atoms. The Morgan fingerprint density at radius 3 is 1.88 bits per heavy atom. The minimum Gasteiger partial charge on any atom is -0.444 e. The van der Waals surface area contributed by atoms with Crippen LogP contribution in [0, 0.1) is 5.92 Å². The topological polar surface area (TPSA) is 113 Å². The maximum absolute atomic E-state index is 13.6. The number of carbonyl (C=O) groups is 3. The maximum atomic E-state index is 13.6. The number of urea groups is 1. The standard InChI is InChI=1S/C33H45N5O4S/c1-23(2)30(37-32(40)38(5)24(3)4)31(39)35-27(18-25-12-8-6-9-13-25)16-17-28(19-26-14-10-7-11-15-26)36-33(41)42-21-29-20-34-22-43-29/h6-15,20,22-24,27-28,30H,16-19,21H2,1-5H3,(H,35,39)(H,36,41)(H,37,40). The summed E-state index contributed by atoms with van der Waals surface area (Å²) in [7, 11) is 1.72. The normalized spacial score (nSPS) is 13.2. The van der Waals surface area contributed by atoms with Gasteiger partial charge in [0.05, 0.1) is 10.4 Å². The highest BCUT2D eigenvalue weighted by molar-refractivity contribution is 7.09. The molecule has 232 valence electrons. The predicted molar refractivity (Wildman–Crippen MR) is 171 cm³/mol. The predicted octanol–water partition coefficient (Wildman–Crippen LogP) is 5.56. The van der Waals surface area contributed by atoms with E-state index in [4.69, 9.17) is 4.74 Å². The van der Waals surface area contributed by atoms with Gasteiger partial charge in [-0.15, -0.1) is 11.3 Å². The van der Waals surface area contributed by atoms with Crippen LogP contribution < -0.4 is 16.0 Å². The van der Waals surface area contributed by atoms with Gasteiger partial charge >= 0.3 is 12.1 Å². The third-order valence-corrected chi connectivity index (χ3v) is 8.09. The molecule has 0 fully saturated rings. The van der Waals surface area contributed by atoms with Crippen LogP contribution in [0.15, 0.2) is 72.4 Å². The molecule has 9 nitrogen and oxygen atoms in total. The first kappa shape index (κ1) is 33.6. The molecule has 0 spiro atoms. The van der Waals surface area contributed by atoms with Crippen molar-refractivity contribution in [2.75, 3.05) is 7.05 Å². The van der Waals surface area contributed by atoms with E-state index < -0.39 is 12.1 Å². The molecule has 4 amide bonds. The van der Waals surface area contributed by atoms with Gasteiger partial charge in [0.25, 0.3) is 0 Å². The van der Waals surface area contributed by atoms with E-state index in [9.17, 15) is 14.4 Å². The fourth-order valence-electron chi connectivity index (χ4n) is 4.60. The molecule has 3 unspecified atom stereocenters. The van der Waals surface area contributed by atoms with Gasteiger partial charge in [-0.1, -0.05) is 74.5 Å².